The molecule has 2 saturated heterocycles. The standard InChI is InChI=1S/C23H33F3N4O3/c1-2-17-16-30(22(32)28-20-5-3-4-19(15-20)23(24,25)26)8-6-18(17)14-21(31)27-7-9-29-10-12-33-13-11-29/h3-5,15,17-18H,2,6-14,16H2,1H3,(H,27,31)(H,28,32)/t17-,18+/m1/s1. The van der Waals surface area contributed by atoms with E-state index in [2.05, 4.69) is 15.5 Å². The number of morpholine rings is 1. The Morgan fingerprint density at radius 3 is 2.61 bits per heavy atom. The molecule has 7 nitrogen and oxygen atoms in total. The lowest BCUT2D eigenvalue weighted by Crippen LogP contribution is -2.46. The lowest BCUT2D eigenvalue weighted by molar-refractivity contribution is -0.137. The van der Waals surface area contributed by atoms with Crippen molar-refractivity contribution in [1.29, 1.82) is 0 Å². The zero-order chi connectivity index (χ0) is 23.8. The van der Waals surface area contributed by atoms with E-state index in [-0.39, 0.29) is 23.4 Å². The number of alkyl halides is 3. The van der Waals surface area contributed by atoms with Crippen LogP contribution in [0.2, 0.25) is 0 Å². The minimum absolute atomic E-state index is 0.0218. The Balaban J connectivity index is 1.45. The predicted octanol–water partition coefficient (Wildman–Crippen LogP) is 3.42. The van der Waals surface area contributed by atoms with Gasteiger partial charge < -0.3 is 20.3 Å². The third kappa shape index (κ3) is 7.60. The Labute approximate surface area is 192 Å². The summed E-state index contributed by atoms with van der Waals surface area (Å²) in [6.45, 7) is 7.61. The van der Waals surface area contributed by atoms with Crippen LogP contribution in [0, 0.1) is 11.8 Å². The van der Waals surface area contributed by atoms with E-state index in [4.69, 9.17) is 4.74 Å². The Morgan fingerprint density at radius 2 is 1.91 bits per heavy atom. The number of nitrogens with zero attached hydrogens (tertiary/aromatic N) is 2. The van der Waals surface area contributed by atoms with Crippen LogP contribution < -0.4 is 10.6 Å². The Morgan fingerprint density at radius 1 is 1.15 bits per heavy atom. The largest absolute Gasteiger partial charge is 0.416 e. The molecule has 1 aromatic carbocycles. The van der Waals surface area contributed by atoms with Crippen LogP contribution in [0.25, 0.3) is 0 Å². The van der Waals surface area contributed by atoms with Crippen molar-refractivity contribution >= 4 is 17.6 Å². The summed E-state index contributed by atoms with van der Waals surface area (Å²) in [7, 11) is 0. The van der Waals surface area contributed by atoms with Gasteiger partial charge in [-0.1, -0.05) is 19.4 Å². The van der Waals surface area contributed by atoms with Crippen LogP contribution >= 0.6 is 0 Å². The van der Waals surface area contributed by atoms with E-state index in [1.54, 1.807) is 4.90 Å². The first-order valence-electron chi connectivity index (χ1n) is 11.6. The number of carbonyl (C=O) groups is 2. The number of likely N-dealkylation sites (tertiary alicyclic amines) is 1. The van der Waals surface area contributed by atoms with Gasteiger partial charge in [-0.25, -0.2) is 4.79 Å². The first-order valence-corrected chi connectivity index (χ1v) is 11.6. The number of benzene rings is 1. The summed E-state index contributed by atoms with van der Waals surface area (Å²) >= 11 is 0. The molecule has 2 fully saturated rings. The molecule has 33 heavy (non-hydrogen) atoms. The molecule has 0 radical (unpaired) electrons. The molecule has 2 N–H and O–H groups in total. The molecule has 184 valence electrons. The number of rotatable bonds is 7. The number of piperidine rings is 1. The van der Waals surface area contributed by atoms with Gasteiger partial charge in [-0.3, -0.25) is 9.69 Å². The lowest BCUT2D eigenvalue weighted by Gasteiger charge is -2.38. The maximum absolute atomic E-state index is 12.9. The van der Waals surface area contributed by atoms with Crippen LogP contribution in [0.15, 0.2) is 24.3 Å². The van der Waals surface area contributed by atoms with Gasteiger partial charge in [0, 0.05) is 51.4 Å². The predicted molar refractivity (Wildman–Crippen MR) is 119 cm³/mol. The Bertz CT molecular complexity index is 799. The van der Waals surface area contributed by atoms with E-state index in [1.165, 1.54) is 12.1 Å². The molecular formula is C23H33F3N4O3. The van der Waals surface area contributed by atoms with Gasteiger partial charge in [-0.15, -0.1) is 0 Å². The SMILES string of the molecule is CC[C@@H]1CN(C(=O)Nc2cccc(C(F)(F)F)c2)CC[C@H]1CC(=O)NCCN1CCOCC1. The van der Waals surface area contributed by atoms with E-state index in [9.17, 15) is 22.8 Å². The van der Waals surface area contributed by atoms with E-state index in [0.717, 1.165) is 51.4 Å². The number of hydrogen-bond acceptors (Lipinski definition) is 4. The molecule has 3 rings (SSSR count). The van der Waals surface area contributed by atoms with E-state index in [1.807, 2.05) is 6.92 Å². The number of anilines is 1. The highest BCUT2D eigenvalue weighted by atomic mass is 19.4. The normalized spacial score (nSPS) is 22.1. The highest BCUT2D eigenvalue weighted by Crippen LogP contribution is 2.32. The van der Waals surface area contributed by atoms with Gasteiger partial charge in [0.05, 0.1) is 18.8 Å². The molecule has 1 aromatic rings. The average molecular weight is 471 g/mol. The Kier molecular flexibility index (Phi) is 8.96. The second-order valence-electron chi connectivity index (χ2n) is 8.68. The molecule has 0 aliphatic carbocycles. The quantitative estimate of drug-likeness (QED) is 0.641. The van der Waals surface area contributed by atoms with Gasteiger partial charge in [0.1, 0.15) is 0 Å². The Hall–Kier alpha value is -2.33. The molecule has 0 bridgehead atoms. The third-order valence-electron chi connectivity index (χ3n) is 6.45. The summed E-state index contributed by atoms with van der Waals surface area (Å²) in [5, 5.41) is 5.58. The summed E-state index contributed by atoms with van der Waals surface area (Å²) in [4.78, 5) is 29.0. The second kappa shape index (κ2) is 11.7. The molecule has 10 heteroatoms. The summed E-state index contributed by atoms with van der Waals surface area (Å²) in [6, 6.07) is 4.21. The number of amides is 3. The van der Waals surface area contributed by atoms with Crippen LogP contribution in [0.5, 0.6) is 0 Å². The van der Waals surface area contributed by atoms with Gasteiger partial charge >= 0.3 is 12.2 Å². The van der Waals surface area contributed by atoms with E-state index >= 15 is 0 Å². The third-order valence-corrected chi connectivity index (χ3v) is 6.45. The minimum atomic E-state index is -4.46. The molecule has 0 unspecified atom stereocenters. The molecule has 2 heterocycles. The van der Waals surface area contributed by atoms with Crippen molar-refractivity contribution in [2.24, 2.45) is 11.8 Å². The number of hydrogen-bond donors (Lipinski definition) is 2. The topological polar surface area (TPSA) is 73.9 Å². The van der Waals surface area contributed by atoms with Crippen molar-refractivity contribution in [3.8, 4) is 0 Å². The summed E-state index contributed by atoms with van der Waals surface area (Å²) in [5.74, 6) is 0.362. The van der Waals surface area contributed by atoms with Crippen LogP contribution in [-0.2, 0) is 15.7 Å². The monoisotopic (exact) mass is 470 g/mol. The maximum Gasteiger partial charge on any atom is 0.416 e. The van der Waals surface area contributed by atoms with E-state index in [0.29, 0.717) is 32.5 Å². The zero-order valence-corrected chi connectivity index (χ0v) is 19.0. The molecule has 0 spiro atoms. The molecule has 0 saturated carbocycles. The number of carbonyl (C=O) groups excluding carboxylic acids is 2. The van der Waals surface area contributed by atoms with Crippen molar-refractivity contribution in [1.82, 2.24) is 15.1 Å². The van der Waals surface area contributed by atoms with Gasteiger partial charge in [0.15, 0.2) is 0 Å². The second-order valence-corrected chi connectivity index (χ2v) is 8.68. The molecule has 3 amide bonds. The highest BCUT2D eigenvalue weighted by Gasteiger charge is 2.33. The lowest BCUT2D eigenvalue weighted by atomic mass is 9.81. The van der Waals surface area contributed by atoms with Crippen LogP contribution in [0.1, 0.15) is 31.7 Å². The van der Waals surface area contributed by atoms with Gasteiger partial charge in [0.2, 0.25) is 5.91 Å². The number of urea groups is 1. The van der Waals surface area contributed by atoms with Crippen LogP contribution in [-0.4, -0.2) is 74.2 Å². The van der Waals surface area contributed by atoms with Crippen molar-refractivity contribution in [3.63, 3.8) is 0 Å². The van der Waals surface area contributed by atoms with Crippen LogP contribution in [0.3, 0.4) is 0 Å². The van der Waals surface area contributed by atoms with Crippen LogP contribution in [0.4, 0.5) is 23.7 Å². The average Bonchev–Trinajstić information content (AvgIpc) is 2.79. The minimum Gasteiger partial charge on any atom is -0.379 e. The fourth-order valence-corrected chi connectivity index (χ4v) is 4.46. The molecule has 2 atom stereocenters. The number of halogens is 3. The van der Waals surface area contributed by atoms with Crippen molar-refractivity contribution < 1.29 is 27.5 Å². The number of nitrogens with one attached hydrogen (secondary N) is 2. The molecule has 0 aromatic heterocycles. The van der Waals surface area contributed by atoms with Gasteiger partial charge in [-0.2, -0.15) is 13.2 Å². The first kappa shape index (κ1) is 25.3. The zero-order valence-electron chi connectivity index (χ0n) is 19.0. The fraction of sp³-hybridized carbons (Fsp3) is 0.652. The molecular weight excluding hydrogens is 437 g/mol. The van der Waals surface area contributed by atoms with Crippen molar-refractivity contribution in [2.75, 3.05) is 57.8 Å². The summed E-state index contributed by atoms with van der Waals surface area (Å²) < 4.78 is 44.1. The maximum atomic E-state index is 12.9. The summed E-state index contributed by atoms with van der Waals surface area (Å²) in [5.41, 5.74) is -0.685. The number of ether oxygens (including phenoxy) is 1. The smallest absolute Gasteiger partial charge is 0.379 e. The molecule has 2 aliphatic heterocycles. The fourth-order valence-electron chi connectivity index (χ4n) is 4.46. The van der Waals surface area contributed by atoms with Crippen molar-refractivity contribution in [2.45, 2.75) is 32.4 Å². The highest BCUT2D eigenvalue weighted by molar-refractivity contribution is 5.89. The van der Waals surface area contributed by atoms with Gasteiger partial charge in [0.25, 0.3) is 0 Å². The molecule has 2 aliphatic rings. The van der Waals surface area contributed by atoms with E-state index < -0.39 is 17.8 Å². The van der Waals surface area contributed by atoms with Gasteiger partial charge in [-0.05, 0) is 36.5 Å². The van der Waals surface area contributed by atoms with Crippen molar-refractivity contribution in [3.05, 3.63) is 29.8 Å². The summed E-state index contributed by atoms with van der Waals surface area (Å²) in [6.07, 6.45) is -2.54. The first-order chi connectivity index (χ1) is 15.8.